The van der Waals surface area contributed by atoms with Crippen LogP contribution in [0.3, 0.4) is 0 Å². The van der Waals surface area contributed by atoms with Crippen molar-refractivity contribution in [3.63, 3.8) is 0 Å². The molecular weight excluding hydrogens is 150 g/mol. The lowest BCUT2D eigenvalue weighted by Gasteiger charge is -2.14. The minimum absolute atomic E-state index is 0.407. The molecule has 1 saturated carbocycles. The molecule has 0 aromatic heterocycles. The van der Waals surface area contributed by atoms with Crippen LogP contribution in [0, 0.1) is 0 Å². The van der Waals surface area contributed by atoms with Crippen LogP contribution in [-0.2, 0) is 4.79 Å². The normalized spacial score (nSPS) is 15.7. The Labute approximate surface area is 71.8 Å². The zero-order chi connectivity index (χ0) is 8.39. The molecule has 0 saturated heterocycles. The molecule has 1 aliphatic rings. The molecule has 0 heterocycles. The topological polar surface area (TPSA) is 20.3 Å². The van der Waals surface area contributed by atoms with Crippen LogP contribution in [0.4, 0.5) is 5.69 Å². The maximum atomic E-state index is 10.6. The summed E-state index contributed by atoms with van der Waals surface area (Å²) in [6, 6.07) is 10.1. The molecule has 1 aromatic rings. The minimum atomic E-state index is 0.407. The highest BCUT2D eigenvalue weighted by atomic mass is 16.1. The average molecular weight is 160 g/mol. The van der Waals surface area contributed by atoms with Gasteiger partial charge in [0.05, 0.1) is 0 Å². The fourth-order valence-electron chi connectivity index (χ4n) is 1.26. The van der Waals surface area contributed by atoms with Gasteiger partial charge in [0.2, 0.25) is 0 Å². The Bertz CT molecular complexity index is 266. The molecule has 0 spiro atoms. The minimum Gasteiger partial charge on any atom is -0.301 e. The van der Waals surface area contributed by atoms with Gasteiger partial charge in [0.1, 0.15) is 0 Å². The molecule has 1 amide bonds. The summed E-state index contributed by atoms with van der Waals surface area (Å²) in [5.41, 5.74) is 0.954. The van der Waals surface area contributed by atoms with Gasteiger partial charge in [-0.3, -0.25) is 4.79 Å². The van der Waals surface area contributed by atoms with Crippen LogP contribution >= 0.6 is 0 Å². The van der Waals surface area contributed by atoms with Gasteiger partial charge in [-0.25, -0.2) is 0 Å². The van der Waals surface area contributed by atoms with Gasteiger partial charge in [0.15, 0.2) is 0 Å². The largest absolute Gasteiger partial charge is 0.317 e. The van der Waals surface area contributed by atoms with Crippen LogP contribution < -0.4 is 4.90 Å². The second-order valence-corrected chi connectivity index (χ2v) is 3.03. The molecule has 0 aliphatic heterocycles. The van der Waals surface area contributed by atoms with E-state index < -0.39 is 0 Å². The molecule has 2 heteroatoms. The lowest BCUT2D eigenvalue weighted by atomic mass is 10.3. The summed E-state index contributed by atoms with van der Waals surface area (Å²) < 4.78 is 0. The van der Waals surface area contributed by atoms with E-state index in [9.17, 15) is 4.79 Å². The zero-order valence-corrected chi connectivity index (χ0v) is 6.73. The smallest absolute Gasteiger partial charge is 0.301 e. The van der Waals surface area contributed by atoms with E-state index in [0.29, 0.717) is 6.04 Å². The number of rotatable bonds is 3. The SMILES string of the molecule is O=[C]N(c1ccccc1)C1CC1. The Morgan fingerprint density at radius 2 is 1.92 bits per heavy atom. The summed E-state index contributed by atoms with van der Waals surface area (Å²) in [5, 5.41) is 0. The first kappa shape index (κ1) is 7.35. The molecule has 0 N–H and O–H groups in total. The van der Waals surface area contributed by atoms with Crippen LogP contribution in [-0.4, -0.2) is 12.5 Å². The Kier molecular flexibility index (Phi) is 1.82. The third-order valence-electron chi connectivity index (χ3n) is 2.04. The number of amides is 1. The van der Waals surface area contributed by atoms with Gasteiger partial charge < -0.3 is 4.90 Å². The van der Waals surface area contributed by atoms with Crippen molar-refractivity contribution in [3.8, 4) is 0 Å². The van der Waals surface area contributed by atoms with Crippen LogP contribution in [0.15, 0.2) is 30.3 Å². The van der Waals surface area contributed by atoms with E-state index in [-0.39, 0.29) is 0 Å². The third-order valence-corrected chi connectivity index (χ3v) is 2.04. The molecule has 0 atom stereocenters. The molecule has 61 valence electrons. The predicted octanol–water partition coefficient (Wildman–Crippen LogP) is 1.72. The van der Waals surface area contributed by atoms with Gasteiger partial charge in [-0.15, -0.1) is 0 Å². The van der Waals surface area contributed by atoms with Crippen molar-refractivity contribution in [3.05, 3.63) is 30.3 Å². The maximum absolute atomic E-state index is 10.6. The van der Waals surface area contributed by atoms with Crippen LogP contribution in [0.1, 0.15) is 12.8 Å². The molecule has 1 aromatic carbocycles. The number of hydrogen-bond donors (Lipinski definition) is 0. The third kappa shape index (κ3) is 1.33. The summed E-state index contributed by atoms with van der Waals surface area (Å²) in [7, 11) is 0. The second kappa shape index (κ2) is 2.97. The molecule has 0 bridgehead atoms. The first-order valence-electron chi connectivity index (χ1n) is 4.14. The highest BCUT2D eigenvalue weighted by molar-refractivity contribution is 5.77. The number of nitrogens with zero attached hydrogens (tertiary/aromatic N) is 1. The second-order valence-electron chi connectivity index (χ2n) is 3.03. The lowest BCUT2D eigenvalue weighted by molar-refractivity contribution is 0.550. The Morgan fingerprint density at radius 3 is 2.42 bits per heavy atom. The average Bonchev–Trinajstić information content (AvgIpc) is 2.92. The van der Waals surface area contributed by atoms with Gasteiger partial charge in [-0.05, 0) is 25.0 Å². The van der Waals surface area contributed by atoms with Crippen LogP contribution in [0.25, 0.3) is 0 Å². The quantitative estimate of drug-likeness (QED) is 0.616. The summed E-state index contributed by atoms with van der Waals surface area (Å²) in [5.74, 6) is 0. The number of anilines is 1. The highest BCUT2D eigenvalue weighted by Gasteiger charge is 2.29. The monoisotopic (exact) mass is 160 g/mol. The molecule has 1 fully saturated rings. The zero-order valence-electron chi connectivity index (χ0n) is 6.73. The molecule has 1 radical (unpaired) electrons. The Balaban J connectivity index is 2.21. The van der Waals surface area contributed by atoms with Crippen LogP contribution in [0.2, 0.25) is 0 Å². The van der Waals surface area contributed by atoms with E-state index in [1.807, 2.05) is 36.7 Å². The summed E-state index contributed by atoms with van der Waals surface area (Å²) in [6.45, 7) is 0. The van der Waals surface area contributed by atoms with Crippen LogP contribution in [0.5, 0.6) is 0 Å². The van der Waals surface area contributed by atoms with Gasteiger partial charge >= 0.3 is 6.41 Å². The van der Waals surface area contributed by atoms with E-state index in [1.54, 1.807) is 4.90 Å². The van der Waals surface area contributed by atoms with Gasteiger partial charge in [-0.1, -0.05) is 18.2 Å². The summed E-state index contributed by atoms with van der Waals surface area (Å²) in [6.07, 6.45) is 4.19. The van der Waals surface area contributed by atoms with E-state index in [0.717, 1.165) is 18.5 Å². The number of carbonyl (C=O) groups excluding carboxylic acids is 1. The highest BCUT2D eigenvalue weighted by Crippen LogP contribution is 2.29. The van der Waals surface area contributed by atoms with Crippen molar-refractivity contribution in [2.45, 2.75) is 18.9 Å². The number of para-hydroxylation sites is 1. The lowest BCUT2D eigenvalue weighted by Crippen LogP contribution is -2.22. The molecule has 2 nitrogen and oxygen atoms in total. The summed E-state index contributed by atoms with van der Waals surface area (Å²) >= 11 is 0. The molecule has 1 aliphatic carbocycles. The molecule has 0 unspecified atom stereocenters. The fraction of sp³-hybridized carbons (Fsp3) is 0.300. The van der Waals surface area contributed by atoms with E-state index >= 15 is 0 Å². The van der Waals surface area contributed by atoms with Crippen molar-refractivity contribution in [2.24, 2.45) is 0 Å². The maximum Gasteiger partial charge on any atom is 0.317 e. The van der Waals surface area contributed by atoms with E-state index in [4.69, 9.17) is 0 Å². The first-order chi connectivity index (χ1) is 5.92. The molecule has 12 heavy (non-hydrogen) atoms. The fourth-order valence-corrected chi connectivity index (χ4v) is 1.26. The Morgan fingerprint density at radius 1 is 1.25 bits per heavy atom. The standard InChI is InChI=1S/C10H10NO/c12-8-11(10-6-7-10)9-4-2-1-3-5-9/h1-5,10H,6-7H2. The van der Waals surface area contributed by atoms with Gasteiger partial charge in [0.25, 0.3) is 0 Å². The van der Waals surface area contributed by atoms with Crippen molar-refractivity contribution in [1.29, 1.82) is 0 Å². The predicted molar refractivity (Wildman–Crippen MR) is 47.6 cm³/mol. The number of hydrogen-bond acceptors (Lipinski definition) is 1. The molecule has 2 rings (SSSR count). The molecular formula is C10H10NO. The van der Waals surface area contributed by atoms with Crippen molar-refractivity contribution in [1.82, 2.24) is 0 Å². The van der Waals surface area contributed by atoms with Crippen molar-refractivity contribution in [2.75, 3.05) is 4.90 Å². The Hall–Kier alpha value is -1.31. The number of benzene rings is 1. The van der Waals surface area contributed by atoms with E-state index in [2.05, 4.69) is 0 Å². The van der Waals surface area contributed by atoms with Gasteiger partial charge in [-0.2, -0.15) is 0 Å². The summed E-state index contributed by atoms with van der Waals surface area (Å²) in [4.78, 5) is 12.3. The van der Waals surface area contributed by atoms with Crippen molar-refractivity contribution >= 4 is 12.1 Å². The van der Waals surface area contributed by atoms with Gasteiger partial charge in [0, 0.05) is 11.7 Å². The van der Waals surface area contributed by atoms with Crippen molar-refractivity contribution < 1.29 is 4.79 Å². The van der Waals surface area contributed by atoms with E-state index in [1.165, 1.54) is 0 Å². The first-order valence-corrected chi connectivity index (χ1v) is 4.14.